The van der Waals surface area contributed by atoms with Gasteiger partial charge in [-0.05, 0) is 32.2 Å². The predicted molar refractivity (Wildman–Crippen MR) is 79.7 cm³/mol. The number of nitrogens with zero attached hydrogens (tertiary/aromatic N) is 2. The van der Waals surface area contributed by atoms with Crippen LogP contribution >= 0.6 is 24.2 Å². The molecule has 1 N–H and O–H groups in total. The third-order valence-corrected chi connectivity index (χ3v) is 3.72. The molecule has 1 aromatic carbocycles. The SMILES string of the molecule is CNC(C)Cc1noc(CSc2ccc(F)c(F)c2)n1.Cl. The van der Waals surface area contributed by atoms with Crippen molar-refractivity contribution in [1.82, 2.24) is 15.5 Å². The number of hydrogen-bond acceptors (Lipinski definition) is 5. The highest BCUT2D eigenvalue weighted by Crippen LogP contribution is 2.23. The van der Waals surface area contributed by atoms with Crippen molar-refractivity contribution in [1.29, 1.82) is 0 Å². The minimum atomic E-state index is -0.857. The van der Waals surface area contributed by atoms with Gasteiger partial charge < -0.3 is 9.84 Å². The molecule has 0 bridgehead atoms. The van der Waals surface area contributed by atoms with Crippen LogP contribution in [0, 0.1) is 11.6 Å². The summed E-state index contributed by atoms with van der Waals surface area (Å²) in [4.78, 5) is 4.86. The first-order valence-electron chi connectivity index (χ1n) is 6.15. The molecule has 2 rings (SSSR count). The summed E-state index contributed by atoms with van der Waals surface area (Å²) in [6.45, 7) is 2.02. The Kier molecular flexibility index (Phi) is 7.07. The number of thioether (sulfide) groups is 1. The van der Waals surface area contributed by atoms with Crippen molar-refractivity contribution in [3.05, 3.63) is 41.5 Å². The van der Waals surface area contributed by atoms with Gasteiger partial charge in [-0.15, -0.1) is 24.2 Å². The zero-order valence-electron chi connectivity index (χ0n) is 11.6. The van der Waals surface area contributed by atoms with Gasteiger partial charge >= 0.3 is 0 Å². The van der Waals surface area contributed by atoms with E-state index in [0.717, 1.165) is 12.1 Å². The first-order chi connectivity index (χ1) is 9.58. The smallest absolute Gasteiger partial charge is 0.237 e. The van der Waals surface area contributed by atoms with Gasteiger partial charge in [-0.25, -0.2) is 8.78 Å². The Bertz CT molecular complexity index is 582. The molecule has 0 saturated carbocycles. The second-order valence-electron chi connectivity index (χ2n) is 4.36. The van der Waals surface area contributed by atoms with Crippen LogP contribution in [0.1, 0.15) is 18.6 Å². The van der Waals surface area contributed by atoms with Gasteiger partial charge in [0.15, 0.2) is 17.5 Å². The monoisotopic (exact) mass is 335 g/mol. The highest BCUT2D eigenvalue weighted by Gasteiger charge is 2.10. The maximum absolute atomic E-state index is 13.0. The molecule has 0 radical (unpaired) electrons. The Labute approximate surface area is 132 Å². The zero-order chi connectivity index (χ0) is 14.5. The van der Waals surface area contributed by atoms with E-state index in [1.165, 1.54) is 17.8 Å². The van der Waals surface area contributed by atoms with Gasteiger partial charge in [-0.3, -0.25) is 0 Å². The first-order valence-corrected chi connectivity index (χ1v) is 7.13. The topological polar surface area (TPSA) is 51.0 Å². The van der Waals surface area contributed by atoms with Crippen molar-refractivity contribution in [3.8, 4) is 0 Å². The molecule has 4 nitrogen and oxygen atoms in total. The minimum absolute atomic E-state index is 0. The molecule has 116 valence electrons. The molecule has 0 aliphatic heterocycles. The average molecular weight is 336 g/mol. The lowest BCUT2D eigenvalue weighted by Crippen LogP contribution is -2.24. The van der Waals surface area contributed by atoms with Crippen molar-refractivity contribution >= 4 is 24.2 Å². The highest BCUT2D eigenvalue weighted by atomic mass is 35.5. The van der Waals surface area contributed by atoms with E-state index < -0.39 is 11.6 Å². The second-order valence-corrected chi connectivity index (χ2v) is 5.41. The van der Waals surface area contributed by atoms with Crippen LogP contribution in [0.5, 0.6) is 0 Å². The van der Waals surface area contributed by atoms with Crippen LogP contribution in [0.2, 0.25) is 0 Å². The molecule has 0 aliphatic carbocycles. The second kappa shape index (κ2) is 8.31. The highest BCUT2D eigenvalue weighted by molar-refractivity contribution is 7.98. The van der Waals surface area contributed by atoms with Crippen molar-refractivity contribution in [2.45, 2.75) is 30.0 Å². The number of hydrogen-bond donors (Lipinski definition) is 1. The van der Waals surface area contributed by atoms with Crippen molar-refractivity contribution in [2.24, 2.45) is 0 Å². The maximum Gasteiger partial charge on any atom is 0.237 e. The third-order valence-electron chi connectivity index (χ3n) is 2.75. The Balaban J connectivity index is 0.00000220. The summed E-state index contributed by atoms with van der Waals surface area (Å²) in [7, 11) is 1.87. The minimum Gasteiger partial charge on any atom is -0.338 e. The van der Waals surface area contributed by atoms with Crippen LogP contribution in [0.25, 0.3) is 0 Å². The van der Waals surface area contributed by atoms with E-state index in [4.69, 9.17) is 4.52 Å². The normalized spacial score (nSPS) is 12.0. The lowest BCUT2D eigenvalue weighted by Gasteiger charge is -2.04. The molecule has 1 unspecified atom stereocenters. The molecule has 21 heavy (non-hydrogen) atoms. The molecule has 1 heterocycles. The van der Waals surface area contributed by atoms with Gasteiger partial charge in [0.05, 0.1) is 5.75 Å². The standard InChI is InChI=1S/C13H15F2N3OS.ClH/c1-8(16-2)5-12-17-13(19-18-12)7-20-9-3-4-10(14)11(15)6-9;/h3-4,6,8,16H,5,7H2,1-2H3;1H. The molecule has 1 atom stereocenters. The summed E-state index contributed by atoms with van der Waals surface area (Å²) in [5.41, 5.74) is 0. The molecular formula is C13H16ClF2N3OS. The third kappa shape index (κ3) is 5.26. The van der Waals surface area contributed by atoms with Gasteiger partial charge in [0.25, 0.3) is 0 Å². The molecule has 0 fully saturated rings. The maximum atomic E-state index is 13.0. The summed E-state index contributed by atoms with van der Waals surface area (Å²) in [5, 5.41) is 6.96. The van der Waals surface area contributed by atoms with Crippen molar-refractivity contribution in [3.63, 3.8) is 0 Å². The molecular weight excluding hydrogens is 320 g/mol. The van der Waals surface area contributed by atoms with E-state index in [9.17, 15) is 8.78 Å². The summed E-state index contributed by atoms with van der Waals surface area (Å²) >= 11 is 1.32. The number of rotatable bonds is 6. The van der Waals surface area contributed by atoms with Gasteiger partial charge in [-0.2, -0.15) is 4.98 Å². The van der Waals surface area contributed by atoms with E-state index >= 15 is 0 Å². The Morgan fingerprint density at radius 3 is 2.76 bits per heavy atom. The van der Waals surface area contributed by atoms with Gasteiger partial charge in [0, 0.05) is 17.4 Å². The Morgan fingerprint density at radius 2 is 2.10 bits per heavy atom. The van der Waals surface area contributed by atoms with Crippen LogP contribution in [0.4, 0.5) is 8.78 Å². The van der Waals surface area contributed by atoms with E-state index in [2.05, 4.69) is 15.5 Å². The molecule has 0 aliphatic rings. The number of likely N-dealkylation sites (N-methyl/N-ethyl adjacent to an activating group) is 1. The van der Waals surface area contributed by atoms with Crippen LogP contribution < -0.4 is 5.32 Å². The number of aromatic nitrogens is 2. The molecule has 0 spiro atoms. The molecule has 1 aromatic heterocycles. The van der Waals surface area contributed by atoms with Crippen LogP contribution in [-0.2, 0) is 12.2 Å². The Hall–Kier alpha value is -1.18. The summed E-state index contributed by atoms with van der Waals surface area (Å²) in [5.74, 6) is -0.184. The van der Waals surface area contributed by atoms with E-state index in [1.807, 2.05) is 14.0 Å². The zero-order valence-corrected chi connectivity index (χ0v) is 13.2. The van der Waals surface area contributed by atoms with Crippen molar-refractivity contribution in [2.75, 3.05) is 7.05 Å². The van der Waals surface area contributed by atoms with E-state index in [-0.39, 0.29) is 18.4 Å². The summed E-state index contributed by atoms with van der Waals surface area (Å²) in [6.07, 6.45) is 0.676. The summed E-state index contributed by atoms with van der Waals surface area (Å²) < 4.78 is 30.9. The van der Waals surface area contributed by atoms with E-state index in [0.29, 0.717) is 28.8 Å². The number of benzene rings is 1. The molecule has 8 heteroatoms. The largest absolute Gasteiger partial charge is 0.338 e. The molecule has 0 saturated heterocycles. The fourth-order valence-corrected chi connectivity index (χ4v) is 2.28. The van der Waals surface area contributed by atoms with Crippen LogP contribution in [0.15, 0.2) is 27.6 Å². The quantitative estimate of drug-likeness (QED) is 0.821. The van der Waals surface area contributed by atoms with Crippen LogP contribution in [0.3, 0.4) is 0 Å². The number of nitrogens with one attached hydrogen (secondary N) is 1. The average Bonchev–Trinajstić information content (AvgIpc) is 2.87. The lowest BCUT2D eigenvalue weighted by molar-refractivity contribution is 0.382. The predicted octanol–water partition coefficient (Wildman–Crippen LogP) is 3.21. The van der Waals surface area contributed by atoms with Crippen molar-refractivity contribution < 1.29 is 13.3 Å². The lowest BCUT2D eigenvalue weighted by atomic mass is 10.2. The van der Waals surface area contributed by atoms with E-state index in [1.54, 1.807) is 0 Å². The first kappa shape index (κ1) is 17.9. The van der Waals surface area contributed by atoms with Gasteiger partial charge in [-0.1, -0.05) is 5.16 Å². The Morgan fingerprint density at radius 1 is 1.33 bits per heavy atom. The fourth-order valence-electron chi connectivity index (χ4n) is 1.52. The van der Waals surface area contributed by atoms with Gasteiger partial charge in [0.2, 0.25) is 5.89 Å². The summed E-state index contributed by atoms with van der Waals surface area (Å²) in [6, 6.07) is 4.04. The van der Waals surface area contributed by atoms with Gasteiger partial charge in [0.1, 0.15) is 0 Å². The van der Waals surface area contributed by atoms with Crippen LogP contribution in [-0.4, -0.2) is 23.2 Å². The fraction of sp³-hybridized carbons (Fsp3) is 0.385. The molecule has 0 amide bonds. The number of halogens is 3. The molecule has 2 aromatic rings.